The van der Waals surface area contributed by atoms with Crippen molar-refractivity contribution in [1.82, 2.24) is 0 Å². The Morgan fingerprint density at radius 2 is 1.94 bits per heavy atom. The lowest BCUT2D eigenvalue weighted by molar-refractivity contribution is -0.0498. The second-order valence-corrected chi connectivity index (χ2v) is 4.66. The van der Waals surface area contributed by atoms with Gasteiger partial charge in [-0.3, -0.25) is 0 Å². The minimum Gasteiger partial charge on any atom is -0.435 e. The predicted molar refractivity (Wildman–Crippen MR) is 66.9 cm³/mol. The summed E-state index contributed by atoms with van der Waals surface area (Å²) in [6.45, 7) is -2.78. The summed E-state index contributed by atoms with van der Waals surface area (Å²) in [4.78, 5) is 0. The number of halogens is 2. The highest BCUT2D eigenvalue weighted by Gasteiger charge is 2.18. The molecule has 0 spiro atoms. The summed E-state index contributed by atoms with van der Waals surface area (Å²) < 4.78 is 28.6. The molecule has 1 saturated carbocycles. The number of benzene rings is 1. The first kappa shape index (κ1) is 13.1. The van der Waals surface area contributed by atoms with Gasteiger partial charge in [0.25, 0.3) is 0 Å². The fourth-order valence-corrected chi connectivity index (χ4v) is 2.26. The molecule has 5 heteroatoms. The summed E-state index contributed by atoms with van der Waals surface area (Å²) in [5, 5.41) is 3.33. The highest BCUT2D eigenvalue weighted by Crippen LogP contribution is 2.24. The number of nitrogens with one attached hydrogen (secondary N) is 1. The van der Waals surface area contributed by atoms with E-state index in [0.29, 0.717) is 12.1 Å². The molecule has 2 rings (SSSR count). The first-order valence-electron chi connectivity index (χ1n) is 6.20. The van der Waals surface area contributed by atoms with Crippen molar-refractivity contribution in [2.75, 3.05) is 5.32 Å². The van der Waals surface area contributed by atoms with Crippen molar-refractivity contribution in [2.24, 2.45) is 5.73 Å². The first-order valence-corrected chi connectivity index (χ1v) is 6.20. The zero-order chi connectivity index (χ0) is 13.0. The van der Waals surface area contributed by atoms with E-state index in [1.807, 2.05) is 6.07 Å². The molecule has 100 valence electrons. The smallest absolute Gasteiger partial charge is 0.387 e. The van der Waals surface area contributed by atoms with Gasteiger partial charge in [-0.2, -0.15) is 8.78 Å². The van der Waals surface area contributed by atoms with Crippen molar-refractivity contribution >= 4 is 5.69 Å². The van der Waals surface area contributed by atoms with E-state index < -0.39 is 6.61 Å². The van der Waals surface area contributed by atoms with Crippen LogP contribution in [0.4, 0.5) is 14.5 Å². The lowest BCUT2D eigenvalue weighted by Gasteiger charge is -2.27. The molecule has 3 N–H and O–H groups in total. The van der Waals surface area contributed by atoms with Crippen molar-refractivity contribution in [3.8, 4) is 5.75 Å². The average molecular weight is 256 g/mol. The predicted octanol–water partition coefficient (Wildman–Crippen LogP) is 2.97. The van der Waals surface area contributed by atoms with Crippen molar-refractivity contribution in [1.29, 1.82) is 0 Å². The van der Waals surface area contributed by atoms with Crippen LogP contribution < -0.4 is 15.8 Å². The van der Waals surface area contributed by atoms with Crippen LogP contribution in [0.1, 0.15) is 25.7 Å². The molecule has 0 bridgehead atoms. The monoisotopic (exact) mass is 256 g/mol. The van der Waals surface area contributed by atoms with E-state index in [1.54, 1.807) is 12.1 Å². The fraction of sp³-hybridized carbons (Fsp3) is 0.538. The van der Waals surface area contributed by atoms with Gasteiger partial charge in [-0.15, -0.1) is 0 Å². The number of ether oxygens (including phenoxy) is 1. The van der Waals surface area contributed by atoms with Gasteiger partial charge >= 0.3 is 6.61 Å². The molecule has 0 radical (unpaired) electrons. The van der Waals surface area contributed by atoms with Gasteiger partial charge in [-0.25, -0.2) is 0 Å². The van der Waals surface area contributed by atoms with Crippen LogP contribution in [0.3, 0.4) is 0 Å². The highest BCUT2D eigenvalue weighted by atomic mass is 19.3. The number of hydrogen-bond acceptors (Lipinski definition) is 3. The molecule has 0 saturated heterocycles. The highest BCUT2D eigenvalue weighted by molar-refractivity contribution is 5.48. The molecule has 1 aliphatic rings. The first-order chi connectivity index (χ1) is 8.63. The summed E-state index contributed by atoms with van der Waals surface area (Å²) in [7, 11) is 0. The van der Waals surface area contributed by atoms with E-state index in [1.165, 1.54) is 6.07 Å². The van der Waals surface area contributed by atoms with Crippen LogP contribution >= 0.6 is 0 Å². The number of anilines is 1. The fourth-order valence-electron chi connectivity index (χ4n) is 2.26. The lowest BCUT2D eigenvalue weighted by atomic mass is 9.92. The summed E-state index contributed by atoms with van der Waals surface area (Å²) in [6, 6.07) is 7.35. The van der Waals surface area contributed by atoms with Crippen molar-refractivity contribution in [3.63, 3.8) is 0 Å². The second kappa shape index (κ2) is 6.00. The minimum atomic E-state index is -2.78. The largest absolute Gasteiger partial charge is 0.435 e. The Hall–Kier alpha value is -1.36. The average Bonchev–Trinajstić information content (AvgIpc) is 2.32. The zero-order valence-electron chi connectivity index (χ0n) is 10.1. The van der Waals surface area contributed by atoms with Crippen LogP contribution in [0.5, 0.6) is 5.75 Å². The number of rotatable bonds is 4. The van der Waals surface area contributed by atoms with Gasteiger partial charge in [-0.1, -0.05) is 6.07 Å². The van der Waals surface area contributed by atoms with Gasteiger partial charge < -0.3 is 15.8 Å². The van der Waals surface area contributed by atoms with Crippen LogP contribution in [0.25, 0.3) is 0 Å². The van der Waals surface area contributed by atoms with Gasteiger partial charge in [0.2, 0.25) is 0 Å². The Bertz CT molecular complexity index is 379. The van der Waals surface area contributed by atoms with Crippen molar-refractivity contribution < 1.29 is 13.5 Å². The van der Waals surface area contributed by atoms with Gasteiger partial charge in [0.15, 0.2) is 0 Å². The Balaban J connectivity index is 1.92. The minimum absolute atomic E-state index is 0.183. The summed E-state index contributed by atoms with van der Waals surface area (Å²) in [5.74, 6) is 0.183. The molecule has 0 unspecified atom stereocenters. The lowest BCUT2D eigenvalue weighted by Crippen LogP contribution is -2.32. The van der Waals surface area contributed by atoms with Crippen LogP contribution in [-0.4, -0.2) is 18.7 Å². The molecule has 0 amide bonds. The standard InChI is InChI=1S/C13H18F2N2O/c14-13(15)18-12-3-1-2-11(8-12)17-10-6-4-9(16)5-7-10/h1-3,8-10,13,17H,4-7,16H2. The maximum Gasteiger partial charge on any atom is 0.387 e. The van der Waals surface area contributed by atoms with Gasteiger partial charge in [0.05, 0.1) is 0 Å². The van der Waals surface area contributed by atoms with E-state index in [2.05, 4.69) is 10.1 Å². The molecule has 0 aromatic heterocycles. The van der Waals surface area contributed by atoms with E-state index in [0.717, 1.165) is 31.4 Å². The van der Waals surface area contributed by atoms with Crippen molar-refractivity contribution in [2.45, 2.75) is 44.4 Å². The molecule has 18 heavy (non-hydrogen) atoms. The van der Waals surface area contributed by atoms with Crippen LogP contribution in [0, 0.1) is 0 Å². The molecule has 0 atom stereocenters. The molecule has 3 nitrogen and oxygen atoms in total. The molecule has 0 aliphatic heterocycles. The van der Waals surface area contributed by atoms with Gasteiger partial charge in [0.1, 0.15) is 5.75 Å². The third kappa shape index (κ3) is 3.84. The van der Waals surface area contributed by atoms with Crippen molar-refractivity contribution in [3.05, 3.63) is 24.3 Å². The molecule has 1 aliphatic carbocycles. The summed E-state index contributed by atoms with van der Waals surface area (Å²) in [5.41, 5.74) is 6.65. The third-order valence-electron chi connectivity index (χ3n) is 3.20. The summed E-state index contributed by atoms with van der Waals surface area (Å²) >= 11 is 0. The van der Waals surface area contributed by atoms with E-state index >= 15 is 0 Å². The van der Waals surface area contributed by atoms with E-state index in [-0.39, 0.29) is 5.75 Å². The molecule has 1 fully saturated rings. The number of hydrogen-bond donors (Lipinski definition) is 2. The quantitative estimate of drug-likeness (QED) is 0.870. The third-order valence-corrected chi connectivity index (χ3v) is 3.20. The van der Waals surface area contributed by atoms with E-state index in [4.69, 9.17) is 5.73 Å². The number of alkyl halides is 2. The molecule has 1 aromatic rings. The summed E-state index contributed by atoms with van der Waals surface area (Å²) in [6.07, 6.45) is 4.04. The maximum absolute atomic E-state index is 12.1. The van der Waals surface area contributed by atoms with Gasteiger partial charge in [0, 0.05) is 23.8 Å². The molecule has 0 heterocycles. The SMILES string of the molecule is NC1CCC(Nc2cccc(OC(F)F)c2)CC1. The number of nitrogens with two attached hydrogens (primary N) is 1. The zero-order valence-corrected chi connectivity index (χ0v) is 10.1. The Morgan fingerprint density at radius 1 is 1.22 bits per heavy atom. The van der Waals surface area contributed by atoms with Crippen LogP contribution in [0.2, 0.25) is 0 Å². The molecular weight excluding hydrogens is 238 g/mol. The molecule has 1 aromatic carbocycles. The van der Waals surface area contributed by atoms with Crippen LogP contribution in [0.15, 0.2) is 24.3 Å². The Labute approximate surface area is 105 Å². The van der Waals surface area contributed by atoms with E-state index in [9.17, 15) is 8.78 Å². The second-order valence-electron chi connectivity index (χ2n) is 4.66. The normalized spacial score (nSPS) is 24.0. The van der Waals surface area contributed by atoms with Gasteiger partial charge in [-0.05, 0) is 37.8 Å². The van der Waals surface area contributed by atoms with Crippen LogP contribution in [-0.2, 0) is 0 Å². The topological polar surface area (TPSA) is 47.3 Å². The maximum atomic E-state index is 12.1. The Kier molecular flexibility index (Phi) is 4.36. The molecular formula is C13H18F2N2O. The Morgan fingerprint density at radius 3 is 2.61 bits per heavy atom.